The lowest BCUT2D eigenvalue weighted by Gasteiger charge is -2.10. The number of ether oxygens (including phenoxy) is 1. The number of carbonyl (C=O) groups is 1. The van der Waals surface area contributed by atoms with Crippen molar-refractivity contribution < 1.29 is 9.53 Å². The van der Waals surface area contributed by atoms with Gasteiger partial charge in [-0.05, 0) is 54.4 Å². The van der Waals surface area contributed by atoms with Crippen LogP contribution >= 0.6 is 27.7 Å². The van der Waals surface area contributed by atoms with Crippen molar-refractivity contribution in [3.8, 4) is 5.75 Å². The second-order valence-electron chi connectivity index (χ2n) is 6.89. The number of amides is 1. The average molecular weight is 457 g/mol. The molecule has 2 fully saturated rings. The highest BCUT2D eigenvalue weighted by Crippen LogP contribution is 2.32. The number of benzene rings is 2. The van der Waals surface area contributed by atoms with Crippen LogP contribution in [-0.4, -0.2) is 17.1 Å². The van der Waals surface area contributed by atoms with E-state index in [1.54, 1.807) is 0 Å². The zero-order valence-electron chi connectivity index (χ0n) is 15.4. The number of rotatable bonds is 5. The predicted octanol–water partition coefficient (Wildman–Crippen LogP) is 5.53. The largest absolute Gasteiger partial charge is 0.488 e. The molecule has 0 radical (unpaired) electrons. The van der Waals surface area contributed by atoms with Crippen LogP contribution in [0.4, 0.5) is 0 Å². The van der Waals surface area contributed by atoms with E-state index >= 15 is 0 Å². The highest BCUT2D eigenvalue weighted by Gasteiger charge is 2.26. The Morgan fingerprint density at radius 3 is 2.75 bits per heavy atom. The van der Waals surface area contributed by atoms with E-state index in [0.717, 1.165) is 34.2 Å². The van der Waals surface area contributed by atoms with Gasteiger partial charge in [0.2, 0.25) is 0 Å². The number of carbonyl (C=O) groups excluding carboxylic acids is 1. The van der Waals surface area contributed by atoms with Gasteiger partial charge in [-0.15, -0.1) is 0 Å². The van der Waals surface area contributed by atoms with Crippen molar-refractivity contribution in [3.63, 3.8) is 0 Å². The van der Waals surface area contributed by atoms with Crippen LogP contribution in [0.3, 0.4) is 0 Å². The number of halogens is 1. The smallest absolute Gasteiger partial charge is 0.264 e. The molecule has 2 aliphatic rings. The first kappa shape index (κ1) is 19.3. The Hall–Kier alpha value is -2.05. The predicted molar refractivity (Wildman–Crippen MR) is 118 cm³/mol. The molecular formula is C22H21BrN2O2S. The minimum atomic E-state index is -0.101. The molecular weight excluding hydrogens is 436 g/mol. The molecule has 4 nitrogen and oxygen atoms in total. The van der Waals surface area contributed by atoms with Crippen LogP contribution in [0.1, 0.15) is 36.8 Å². The summed E-state index contributed by atoms with van der Waals surface area (Å²) in [6.07, 6.45) is 6.55. The monoisotopic (exact) mass is 456 g/mol. The minimum absolute atomic E-state index is 0.101. The Balaban J connectivity index is 1.53. The molecule has 2 aromatic rings. The summed E-state index contributed by atoms with van der Waals surface area (Å²) in [5.74, 6) is 0.643. The van der Waals surface area contributed by atoms with Gasteiger partial charge in [-0.2, -0.15) is 0 Å². The lowest BCUT2D eigenvalue weighted by molar-refractivity contribution is -0.115. The van der Waals surface area contributed by atoms with Gasteiger partial charge in [0.25, 0.3) is 5.91 Å². The summed E-state index contributed by atoms with van der Waals surface area (Å²) >= 11 is 4.92. The van der Waals surface area contributed by atoms with Gasteiger partial charge in [0.1, 0.15) is 12.4 Å². The van der Waals surface area contributed by atoms with Gasteiger partial charge in [-0.25, -0.2) is 0 Å². The summed E-state index contributed by atoms with van der Waals surface area (Å²) < 4.78 is 6.96. The second kappa shape index (κ2) is 8.97. The van der Waals surface area contributed by atoms with Crippen molar-refractivity contribution in [1.29, 1.82) is 0 Å². The summed E-state index contributed by atoms with van der Waals surface area (Å²) in [7, 11) is 0. The Kier molecular flexibility index (Phi) is 6.17. The van der Waals surface area contributed by atoms with Crippen LogP contribution in [0, 0.1) is 0 Å². The molecule has 1 amide bonds. The number of aliphatic imine (C=N–C) groups is 1. The molecule has 2 aromatic carbocycles. The average Bonchev–Trinajstić information content (AvgIpc) is 3.32. The van der Waals surface area contributed by atoms with Gasteiger partial charge < -0.3 is 10.1 Å². The maximum Gasteiger partial charge on any atom is 0.264 e. The summed E-state index contributed by atoms with van der Waals surface area (Å²) in [4.78, 5) is 17.7. The third-order valence-corrected chi connectivity index (χ3v) is 6.19. The number of nitrogens with zero attached hydrogens (tertiary/aromatic N) is 1. The van der Waals surface area contributed by atoms with Crippen molar-refractivity contribution in [1.82, 2.24) is 5.32 Å². The third kappa shape index (κ3) is 4.86. The normalized spacial score (nSPS) is 20.1. The molecule has 28 heavy (non-hydrogen) atoms. The second-order valence-corrected chi connectivity index (χ2v) is 8.84. The van der Waals surface area contributed by atoms with Gasteiger partial charge in [-0.1, -0.05) is 59.1 Å². The summed E-state index contributed by atoms with van der Waals surface area (Å²) in [5, 5.41) is 3.61. The van der Waals surface area contributed by atoms with E-state index < -0.39 is 0 Å². The molecule has 1 N–H and O–H groups in total. The van der Waals surface area contributed by atoms with Crippen molar-refractivity contribution in [2.24, 2.45) is 4.99 Å². The molecule has 4 rings (SSSR count). The molecule has 0 spiro atoms. The van der Waals surface area contributed by atoms with E-state index in [0.29, 0.717) is 22.7 Å². The molecule has 0 atom stereocenters. The molecule has 1 saturated carbocycles. The lowest BCUT2D eigenvalue weighted by Crippen LogP contribution is -2.21. The van der Waals surface area contributed by atoms with Gasteiger partial charge in [0.05, 0.1) is 10.9 Å². The quantitative estimate of drug-likeness (QED) is 0.601. The molecule has 0 bridgehead atoms. The highest BCUT2D eigenvalue weighted by atomic mass is 79.9. The van der Waals surface area contributed by atoms with Gasteiger partial charge in [0, 0.05) is 10.0 Å². The van der Waals surface area contributed by atoms with Crippen molar-refractivity contribution in [2.75, 3.05) is 0 Å². The van der Waals surface area contributed by atoms with E-state index in [1.165, 1.54) is 24.6 Å². The van der Waals surface area contributed by atoms with E-state index in [4.69, 9.17) is 9.73 Å². The maximum atomic E-state index is 12.4. The standard InChI is InChI=1S/C22H21BrN2O2S/c23-17-10-11-19(27-14-15-6-2-1-3-7-15)16(12-17)13-20-21(26)25-22(28-20)24-18-8-4-5-9-18/h1-3,6-7,10-13,18H,4-5,8-9,14H2,(H,24,25,26)/b20-13-. The molecule has 1 aliphatic heterocycles. The third-order valence-electron chi connectivity index (χ3n) is 4.77. The first-order valence-corrected chi connectivity index (χ1v) is 11.0. The van der Waals surface area contributed by atoms with Crippen molar-refractivity contribution >= 4 is 44.8 Å². The van der Waals surface area contributed by atoms with E-state index in [9.17, 15) is 4.79 Å². The first-order valence-electron chi connectivity index (χ1n) is 9.42. The van der Waals surface area contributed by atoms with Crippen LogP contribution < -0.4 is 10.1 Å². The minimum Gasteiger partial charge on any atom is -0.488 e. The summed E-state index contributed by atoms with van der Waals surface area (Å²) in [6, 6.07) is 16.2. The number of hydrogen-bond donors (Lipinski definition) is 1. The zero-order valence-corrected chi connectivity index (χ0v) is 17.8. The molecule has 0 aromatic heterocycles. The van der Waals surface area contributed by atoms with Crippen molar-refractivity contribution in [3.05, 3.63) is 69.0 Å². The fraction of sp³-hybridized carbons (Fsp3) is 0.273. The molecule has 1 aliphatic carbocycles. The van der Waals surface area contributed by atoms with E-state index in [-0.39, 0.29) is 5.91 Å². The Labute approximate surface area is 177 Å². The molecule has 1 saturated heterocycles. The fourth-order valence-corrected chi connectivity index (χ4v) is 4.59. The Morgan fingerprint density at radius 1 is 1.18 bits per heavy atom. The van der Waals surface area contributed by atoms with Gasteiger partial charge >= 0.3 is 0 Å². The molecule has 6 heteroatoms. The lowest BCUT2D eigenvalue weighted by atomic mass is 10.2. The van der Waals surface area contributed by atoms with E-state index in [2.05, 4.69) is 21.2 Å². The first-order chi connectivity index (χ1) is 13.7. The molecule has 1 heterocycles. The maximum absolute atomic E-state index is 12.4. The number of hydrogen-bond acceptors (Lipinski definition) is 4. The van der Waals surface area contributed by atoms with Crippen LogP contribution in [0.25, 0.3) is 6.08 Å². The highest BCUT2D eigenvalue weighted by molar-refractivity contribution is 9.10. The molecule has 0 unspecified atom stereocenters. The summed E-state index contributed by atoms with van der Waals surface area (Å²) in [5.41, 5.74) is 1.97. The van der Waals surface area contributed by atoms with Crippen LogP contribution in [0.5, 0.6) is 5.75 Å². The number of nitrogens with one attached hydrogen (secondary N) is 1. The zero-order chi connectivity index (χ0) is 19.3. The Morgan fingerprint density at radius 2 is 1.96 bits per heavy atom. The van der Waals surface area contributed by atoms with E-state index in [1.807, 2.05) is 54.6 Å². The van der Waals surface area contributed by atoms with Crippen molar-refractivity contribution in [2.45, 2.75) is 38.3 Å². The summed E-state index contributed by atoms with van der Waals surface area (Å²) in [6.45, 7) is 0.479. The topological polar surface area (TPSA) is 50.7 Å². The van der Waals surface area contributed by atoms with Gasteiger partial charge in [0.15, 0.2) is 5.17 Å². The number of thioether (sulfide) groups is 1. The molecule has 144 valence electrons. The SMILES string of the molecule is O=C1NC(=NC2CCCC2)S/C1=C\c1cc(Br)ccc1OCc1ccccc1. The number of amidine groups is 1. The van der Waals surface area contributed by atoms with Crippen LogP contribution in [-0.2, 0) is 11.4 Å². The van der Waals surface area contributed by atoms with Crippen LogP contribution in [0.15, 0.2) is 62.9 Å². The fourth-order valence-electron chi connectivity index (χ4n) is 3.33. The van der Waals surface area contributed by atoms with Gasteiger partial charge in [-0.3, -0.25) is 9.79 Å². The van der Waals surface area contributed by atoms with Crippen LogP contribution in [0.2, 0.25) is 0 Å². The Bertz CT molecular complexity index is 921.